The molecule has 0 radical (unpaired) electrons. The molecular formula is C22H27N3O3. The fourth-order valence-corrected chi connectivity index (χ4v) is 3.16. The highest BCUT2D eigenvalue weighted by Gasteiger charge is 2.35. The van der Waals surface area contributed by atoms with Gasteiger partial charge in [-0.15, -0.1) is 0 Å². The van der Waals surface area contributed by atoms with Gasteiger partial charge < -0.3 is 19.9 Å². The van der Waals surface area contributed by atoms with Crippen LogP contribution in [0.1, 0.15) is 19.8 Å². The zero-order valence-electron chi connectivity index (χ0n) is 16.6. The molecule has 2 aromatic carbocycles. The Morgan fingerprint density at radius 2 is 1.82 bits per heavy atom. The van der Waals surface area contributed by atoms with Crippen LogP contribution in [0.2, 0.25) is 0 Å². The molecule has 1 N–H and O–H groups in total. The molecule has 0 unspecified atom stereocenters. The lowest BCUT2D eigenvalue weighted by Crippen LogP contribution is -2.28. The average Bonchev–Trinajstić information content (AvgIpc) is 3.09. The minimum atomic E-state index is -0.364. The van der Waals surface area contributed by atoms with E-state index in [2.05, 4.69) is 12.2 Å². The third kappa shape index (κ3) is 4.63. The molecule has 2 aromatic rings. The van der Waals surface area contributed by atoms with Gasteiger partial charge in [0.1, 0.15) is 5.75 Å². The summed E-state index contributed by atoms with van der Waals surface area (Å²) >= 11 is 0. The van der Waals surface area contributed by atoms with Crippen molar-refractivity contribution in [2.75, 3.05) is 42.4 Å². The van der Waals surface area contributed by atoms with Gasteiger partial charge in [0.2, 0.25) is 11.8 Å². The van der Waals surface area contributed by atoms with E-state index < -0.39 is 0 Å². The van der Waals surface area contributed by atoms with E-state index in [9.17, 15) is 9.59 Å². The van der Waals surface area contributed by atoms with Crippen LogP contribution in [0.4, 0.5) is 17.1 Å². The first-order valence-corrected chi connectivity index (χ1v) is 9.59. The Labute approximate surface area is 166 Å². The molecule has 28 heavy (non-hydrogen) atoms. The Morgan fingerprint density at radius 3 is 2.43 bits per heavy atom. The number of carbonyl (C=O) groups is 2. The number of hydrogen-bond acceptors (Lipinski definition) is 4. The number of hydrogen-bond donors (Lipinski definition) is 1. The molecule has 6 heteroatoms. The van der Waals surface area contributed by atoms with E-state index >= 15 is 0 Å². The minimum Gasteiger partial charge on any atom is -0.494 e. The van der Waals surface area contributed by atoms with Crippen LogP contribution in [-0.4, -0.2) is 39.1 Å². The number of ether oxygens (including phenoxy) is 1. The van der Waals surface area contributed by atoms with Crippen molar-refractivity contribution < 1.29 is 14.3 Å². The molecule has 2 amide bonds. The van der Waals surface area contributed by atoms with Crippen molar-refractivity contribution in [2.45, 2.75) is 19.8 Å². The summed E-state index contributed by atoms with van der Waals surface area (Å²) in [5.41, 5.74) is 2.59. The van der Waals surface area contributed by atoms with Crippen LogP contribution in [0, 0.1) is 5.92 Å². The molecule has 0 bridgehead atoms. The van der Waals surface area contributed by atoms with Crippen LogP contribution in [0.5, 0.6) is 5.75 Å². The molecule has 148 valence electrons. The molecule has 1 aliphatic heterocycles. The van der Waals surface area contributed by atoms with E-state index in [0.717, 1.165) is 29.2 Å². The molecule has 1 saturated heterocycles. The van der Waals surface area contributed by atoms with E-state index in [0.29, 0.717) is 13.2 Å². The van der Waals surface area contributed by atoms with Crippen LogP contribution in [0.15, 0.2) is 48.5 Å². The molecule has 1 aliphatic rings. The van der Waals surface area contributed by atoms with Crippen LogP contribution in [0.25, 0.3) is 0 Å². The van der Waals surface area contributed by atoms with Gasteiger partial charge in [-0.25, -0.2) is 0 Å². The Morgan fingerprint density at radius 1 is 1.14 bits per heavy atom. The average molecular weight is 381 g/mol. The Bertz CT molecular complexity index is 816. The van der Waals surface area contributed by atoms with Gasteiger partial charge in [-0.3, -0.25) is 9.59 Å². The third-order valence-electron chi connectivity index (χ3n) is 4.77. The van der Waals surface area contributed by atoms with Crippen molar-refractivity contribution in [1.29, 1.82) is 0 Å². The maximum atomic E-state index is 12.6. The smallest absolute Gasteiger partial charge is 0.229 e. The maximum Gasteiger partial charge on any atom is 0.229 e. The lowest BCUT2D eigenvalue weighted by atomic mass is 10.1. The van der Waals surface area contributed by atoms with Gasteiger partial charge in [-0.1, -0.05) is 6.92 Å². The predicted octanol–water partition coefficient (Wildman–Crippen LogP) is 3.53. The van der Waals surface area contributed by atoms with Gasteiger partial charge in [0.05, 0.1) is 12.5 Å². The van der Waals surface area contributed by atoms with Crippen LogP contribution in [0.3, 0.4) is 0 Å². The minimum absolute atomic E-state index is 0.0367. The van der Waals surface area contributed by atoms with Gasteiger partial charge in [0, 0.05) is 44.1 Å². The number of anilines is 3. The second kappa shape index (κ2) is 8.78. The largest absolute Gasteiger partial charge is 0.494 e. The van der Waals surface area contributed by atoms with Crippen LogP contribution < -0.4 is 19.9 Å². The number of carbonyl (C=O) groups excluding carboxylic acids is 2. The summed E-state index contributed by atoms with van der Waals surface area (Å²) in [5.74, 6) is 0.256. The van der Waals surface area contributed by atoms with Crippen LogP contribution in [-0.2, 0) is 9.59 Å². The molecular weight excluding hydrogens is 354 g/mol. The normalized spacial score (nSPS) is 16.2. The second-order valence-corrected chi connectivity index (χ2v) is 7.18. The van der Waals surface area contributed by atoms with Gasteiger partial charge in [-0.05, 0) is 55.0 Å². The van der Waals surface area contributed by atoms with Crippen molar-refractivity contribution >= 4 is 28.9 Å². The second-order valence-electron chi connectivity index (χ2n) is 7.18. The fourth-order valence-electron chi connectivity index (χ4n) is 3.16. The standard InChI is InChI=1S/C22H27N3O3/c1-4-13-28-20-11-9-19(10-12-20)25-15-16(14-21(25)26)22(27)23-17-5-7-18(8-6-17)24(2)3/h5-12,16H,4,13-15H2,1-3H3,(H,23,27)/t16-/m0/s1. The topological polar surface area (TPSA) is 61.9 Å². The monoisotopic (exact) mass is 381 g/mol. The Balaban J connectivity index is 1.60. The highest BCUT2D eigenvalue weighted by molar-refractivity contribution is 6.03. The number of nitrogens with zero attached hydrogens (tertiary/aromatic N) is 2. The third-order valence-corrected chi connectivity index (χ3v) is 4.77. The summed E-state index contributed by atoms with van der Waals surface area (Å²) in [4.78, 5) is 28.7. The van der Waals surface area contributed by atoms with E-state index in [1.54, 1.807) is 4.90 Å². The highest BCUT2D eigenvalue weighted by atomic mass is 16.5. The molecule has 1 atom stereocenters. The van der Waals surface area contributed by atoms with Gasteiger partial charge in [0.25, 0.3) is 0 Å². The van der Waals surface area contributed by atoms with Gasteiger partial charge in [-0.2, -0.15) is 0 Å². The molecule has 1 fully saturated rings. The predicted molar refractivity (Wildman–Crippen MR) is 112 cm³/mol. The molecule has 6 nitrogen and oxygen atoms in total. The number of rotatable bonds is 7. The first kappa shape index (κ1) is 19.7. The molecule has 0 saturated carbocycles. The van der Waals surface area contributed by atoms with E-state index in [1.807, 2.05) is 67.5 Å². The van der Waals surface area contributed by atoms with Gasteiger partial charge >= 0.3 is 0 Å². The first-order chi connectivity index (χ1) is 13.5. The van der Waals surface area contributed by atoms with Crippen molar-refractivity contribution in [3.05, 3.63) is 48.5 Å². The lowest BCUT2D eigenvalue weighted by molar-refractivity contribution is -0.122. The van der Waals surface area contributed by atoms with Crippen molar-refractivity contribution in [3.8, 4) is 5.75 Å². The number of benzene rings is 2. The zero-order chi connectivity index (χ0) is 20.1. The summed E-state index contributed by atoms with van der Waals surface area (Å²) in [5, 5.41) is 2.92. The maximum absolute atomic E-state index is 12.6. The fraction of sp³-hybridized carbons (Fsp3) is 0.364. The van der Waals surface area contributed by atoms with Crippen LogP contribution >= 0.6 is 0 Å². The van der Waals surface area contributed by atoms with E-state index in [1.165, 1.54) is 0 Å². The summed E-state index contributed by atoms with van der Waals surface area (Å²) in [7, 11) is 3.93. The SMILES string of the molecule is CCCOc1ccc(N2C[C@@H](C(=O)Nc3ccc(N(C)C)cc3)CC2=O)cc1. The van der Waals surface area contributed by atoms with E-state index in [-0.39, 0.29) is 24.2 Å². The zero-order valence-corrected chi connectivity index (χ0v) is 16.6. The molecule has 3 rings (SSSR count). The summed E-state index contributed by atoms with van der Waals surface area (Å²) in [6.07, 6.45) is 1.16. The quantitative estimate of drug-likeness (QED) is 0.797. The molecule has 0 aliphatic carbocycles. The van der Waals surface area contributed by atoms with Gasteiger partial charge in [0.15, 0.2) is 0 Å². The molecule has 0 spiro atoms. The Hall–Kier alpha value is -3.02. The van der Waals surface area contributed by atoms with Crippen molar-refractivity contribution in [1.82, 2.24) is 0 Å². The number of nitrogens with one attached hydrogen (secondary N) is 1. The number of amides is 2. The Kier molecular flexibility index (Phi) is 6.19. The highest BCUT2D eigenvalue weighted by Crippen LogP contribution is 2.28. The summed E-state index contributed by atoms with van der Waals surface area (Å²) in [6, 6.07) is 15.1. The summed E-state index contributed by atoms with van der Waals surface area (Å²) in [6.45, 7) is 3.11. The molecule has 0 aromatic heterocycles. The lowest BCUT2D eigenvalue weighted by Gasteiger charge is -2.17. The first-order valence-electron chi connectivity index (χ1n) is 9.59. The van der Waals surface area contributed by atoms with E-state index in [4.69, 9.17) is 4.74 Å². The molecule has 1 heterocycles. The summed E-state index contributed by atoms with van der Waals surface area (Å²) < 4.78 is 5.58. The van der Waals surface area contributed by atoms with Crippen molar-refractivity contribution in [2.24, 2.45) is 5.92 Å². The van der Waals surface area contributed by atoms with Crippen molar-refractivity contribution in [3.63, 3.8) is 0 Å².